The first kappa shape index (κ1) is 17.7. The van der Waals surface area contributed by atoms with Gasteiger partial charge >= 0.3 is 0 Å². The van der Waals surface area contributed by atoms with E-state index < -0.39 is 0 Å². The van der Waals surface area contributed by atoms with Gasteiger partial charge in [0, 0.05) is 47.1 Å². The van der Waals surface area contributed by atoms with Crippen molar-refractivity contribution in [3.63, 3.8) is 0 Å². The predicted molar refractivity (Wildman–Crippen MR) is 89.9 cm³/mol. The third kappa shape index (κ3) is 4.91. The van der Waals surface area contributed by atoms with Gasteiger partial charge in [-0.15, -0.1) is 0 Å². The molecule has 1 fully saturated rings. The van der Waals surface area contributed by atoms with E-state index in [0.29, 0.717) is 24.7 Å². The van der Waals surface area contributed by atoms with Gasteiger partial charge in [-0.05, 0) is 30.9 Å². The summed E-state index contributed by atoms with van der Waals surface area (Å²) in [6.07, 6.45) is 3.82. The van der Waals surface area contributed by atoms with Crippen molar-refractivity contribution in [2.75, 3.05) is 59.0 Å². The van der Waals surface area contributed by atoms with Crippen LogP contribution in [0.5, 0.6) is 0 Å². The molecule has 128 valence electrons. The topological polar surface area (TPSA) is 54.9 Å². The van der Waals surface area contributed by atoms with E-state index in [1.165, 1.54) is 0 Å². The van der Waals surface area contributed by atoms with Gasteiger partial charge in [-0.1, -0.05) is 0 Å². The van der Waals surface area contributed by atoms with Gasteiger partial charge in [-0.25, -0.2) is 4.98 Å². The number of rotatable bonds is 7. The maximum absolute atomic E-state index is 12.6. The summed E-state index contributed by atoms with van der Waals surface area (Å²) in [4.78, 5) is 20.9. The van der Waals surface area contributed by atoms with Crippen LogP contribution in [0.15, 0.2) is 18.3 Å². The first-order chi connectivity index (χ1) is 11.2. The van der Waals surface area contributed by atoms with Crippen LogP contribution in [-0.4, -0.2) is 69.9 Å². The second-order valence-electron chi connectivity index (χ2n) is 6.03. The summed E-state index contributed by atoms with van der Waals surface area (Å²) >= 11 is 0. The largest absolute Gasteiger partial charge is 0.384 e. The van der Waals surface area contributed by atoms with Crippen LogP contribution in [0.2, 0.25) is 0 Å². The first-order valence-electron chi connectivity index (χ1n) is 8.10. The third-order valence-corrected chi connectivity index (χ3v) is 4.23. The van der Waals surface area contributed by atoms with Crippen LogP contribution >= 0.6 is 0 Å². The van der Waals surface area contributed by atoms with E-state index in [-0.39, 0.29) is 5.91 Å². The van der Waals surface area contributed by atoms with Crippen molar-refractivity contribution in [1.82, 2.24) is 9.88 Å². The summed E-state index contributed by atoms with van der Waals surface area (Å²) < 4.78 is 10.3. The Morgan fingerprint density at radius 2 is 2.22 bits per heavy atom. The van der Waals surface area contributed by atoms with Gasteiger partial charge in [0.25, 0.3) is 5.91 Å². The predicted octanol–water partition coefficient (Wildman–Crippen LogP) is 1.66. The highest BCUT2D eigenvalue weighted by Gasteiger charge is 2.24. The lowest BCUT2D eigenvalue weighted by atomic mass is 9.98. The number of likely N-dealkylation sites (tertiary alicyclic amines) is 1. The third-order valence-electron chi connectivity index (χ3n) is 4.23. The molecule has 0 radical (unpaired) electrons. The molecule has 0 bridgehead atoms. The molecule has 0 N–H and O–H groups in total. The fourth-order valence-corrected chi connectivity index (χ4v) is 2.88. The average Bonchev–Trinajstić information content (AvgIpc) is 2.59. The SMILES string of the molecule is COCCN(C)c1ccc(C(=O)N2CCC[C@@H](COC)C2)cn1. The molecule has 0 aliphatic carbocycles. The Balaban J connectivity index is 1.96. The van der Waals surface area contributed by atoms with Crippen molar-refractivity contribution < 1.29 is 14.3 Å². The number of aromatic nitrogens is 1. The molecule has 0 saturated carbocycles. The van der Waals surface area contributed by atoms with Crippen molar-refractivity contribution in [2.45, 2.75) is 12.8 Å². The fraction of sp³-hybridized carbons (Fsp3) is 0.647. The highest BCUT2D eigenvalue weighted by Crippen LogP contribution is 2.19. The molecule has 6 heteroatoms. The van der Waals surface area contributed by atoms with Crippen LogP contribution in [-0.2, 0) is 9.47 Å². The van der Waals surface area contributed by atoms with Crippen molar-refractivity contribution in [1.29, 1.82) is 0 Å². The number of carbonyl (C=O) groups excluding carboxylic acids is 1. The molecule has 0 spiro atoms. The smallest absolute Gasteiger partial charge is 0.255 e. The Hall–Kier alpha value is -1.66. The van der Waals surface area contributed by atoms with Crippen molar-refractivity contribution >= 4 is 11.7 Å². The molecule has 1 amide bonds. The Morgan fingerprint density at radius 1 is 1.39 bits per heavy atom. The van der Waals surface area contributed by atoms with Gasteiger partial charge < -0.3 is 19.3 Å². The highest BCUT2D eigenvalue weighted by molar-refractivity contribution is 5.94. The molecule has 0 aromatic carbocycles. The van der Waals surface area contributed by atoms with Crippen LogP contribution in [0.1, 0.15) is 23.2 Å². The van der Waals surface area contributed by atoms with E-state index in [9.17, 15) is 4.79 Å². The van der Waals surface area contributed by atoms with Crippen LogP contribution in [0.3, 0.4) is 0 Å². The Labute approximate surface area is 138 Å². The molecule has 1 saturated heterocycles. The van der Waals surface area contributed by atoms with Gasteiger partial charge in [0.05, 0.1) is 18.8 Å². The number of likely N-dealkylation sites (N-methyl/N-ethyl adjacent to an activating group) is 1. The van der Waals surface area contributed by atoms with E-state index >= 15 is 0 Å². The summed E-state index contributed by atoms with van der Waals surface area (Å²) in [5.41, 5.74) is 0.645. The Bertz CT molecular complexity index is 490. The lowest BCUT2D eigenvalue weighted by Crippen LogP contribution is -2.41. The van der Waals surface area contributed by atoms with E-state index in [2.05, 4.69) is 4.98 Å². The van der Waals surface area contributed by atoms with E-state index in [4.69, 9.17) is 9.47 Å². The van der Waals surface area contributed by atoms with Crippen LogP contribution in [0.4, 0.5) is 5.82 Å². The molecule has 0 unspecified atom stereocenters. The molecule has 2 heterocycles. The molecule has 23 heavy (non-hydrogen) atoms. The number of hydrogen-bond acceptors (Lipinski definition) is 5. The zero-order valence-corrected chi connectivity index (χ0v) is 14.3. The number of pyridine rings is 1. The maximum atomic E-state index is 12.6. The molecule has 1 aromatic heterocycles. The van der Waals surface area contributed by atoms with Crippen molar-refractivity contribution in [3.05, 3.63) is 23.9 Å². The minimum Gasteiger partial charge on any atom is -0.384 e. The zero-order valence-electron chi connectivity index (χ0n) is 14.3. The minimum atomic E-state index is 0.0596. The monoisotopic (exact) mass is 321 g/mol. The standard InChI is InChI=1S/C17H27N3O3/c1-19(9-10-22-2)16-7-6-15(11-18-16)17(21)20-8-4-5-14(12-20)13-23-3/h6-7,11,14H,4-5,8-10,12-13H2,1-3H3/t14-/m1/s1. The van der Waals surface area contributed by atoms with Gasteiger partial charge in [0.1, 0.15) is 5.82 Å². The Kier molecular flexibility index (Phi) is 6.80. The fourth-order valence-electron chi connectivity index (χ4n) is 2.88. The summed E-state index contributed by atoms with van der Waals surface area (Å²) in [7, 11) is 5.35. The summed E-state index contributed by atoms with van der Waals surface area (Å²) in [5, 5.41) is 0. The number of anilines is 1. The lowest BCUT2D eigenvalue weighted by Gasteiger charge is -2.32. The number of carbonyl (C=O) groups is 1. The number of nitrogens with zero attached hydrogens (tertiary/aromatic N) is 3. The molecule has 1 atom stereocenters. The molecule has 1 aliphatic rings. The van der Waals surface area contributed by atoms with Crippen molar-refractivity contribution in [3.8, 4) is 0 Å². The van der Waals surface area contributed by atoms with Gasteiger partial charge in [-0.3, -0.25) is 4.79 Å². The van der Waals surface area contributed by atoms with Crippen molar-refractivity contribution in [2.24, 2.45) is 5.92 Å². The minimum absolute atomic E-state index is 0.0596. The average molecular weight is 321 g/mol. The second kappa shape index (κ2) is 8.84. The van der Waals surface area contributed by atoms with Gasteiger partial charge in [0.15, 0.2) is 0 Å². The van der Waals surface area contributed by atoms with E-state index in [1.807, 2.05) is 29.0 Å². The molecule has 1 aromatic rings. The number of methoxy groups -OCH3 is 2. The summed E-state index contributed by atoms with van der Waals surface area (Å²) in [6, 6.07) is 3.74. The number of piperidine rings is 1. The Morgan fingerprint density at radius 3 is 2.87 bits per heavy atom. The molecular formula is C17H27N3O3. The number of ether oxygens (including phenoxy) is 2. The van der Waals surface area contributed by atoms with Gasteiger partial charge in [-0.2, -0.15) is 0 Å². The second-order valence-corrected chi connectivity index (χ2v) is 6.03. The maximum Gasteiger partial charge on any atom is 0.255 e. The molecule has 1 aliphatic heterocycles. The first-order valence-corrected chi connectivity index (χ1v) is 8.10. The highest BCUT2D eigenvalue weighted by atomic mass is 16.5. The van der Waals surface area contributed by atoms with Gasteiger partial charge in [0.2, 0.25) is 0 Å². The van der Waals surface area contributed by atoms with Crippen LogP contribution in [0.25, 0.3) is 0 Å². The molecule has 2 rings (SSSR count). The normalized spacial score (nSPS) is 18.0. The number of amides is 1. The lowest BCUT2D eigenvalue weighted by molar-refractivity contribution is 0.0570. The molecular weight excluding hydrogens is 294 g/mol. The molecule has 6 nitrogen and oxygen atoms in total. The number of hydrogen-bond donors (Lipinski definition) is 0. The zero-order chi connectivity index (χ0) is 16.7. The van der Waals surface area contributed by atoms with Crippen LogP contribution in [0, 0.1) is 5.92 Å². The van der Waals surface area contributed by atoms with E-state index in [1.54, 1.807) is 20.4 Å². The summed E-state index contributed by atoms with van der Waals surface area (Å²) in [6.45, 7) is 3.71. The quantitative estimate of drug-likeness (QED) is 0.764. The van der Waals surface area contributed by atoms with E-state index in [0.717, 1.165) is 38.3 Å². The summed E-state index contributed by atoms with van der Waals surface area (Å²) in [5.74, 6) is 1.34. The van der Waals surface area contributed by atoms with Crippen LogP contribution < -0.4 is 4.90 Å².